The molecule has 2 amide bonds. The van der Waals surface area contributed by atoms with E-state index in [1.54, 1.807) is 0 Å². The maximum absolute atomic E-state index is 12.4. The molecule has 3 aromatic rings. The van der Waals surface area contributed by atoms with Gasteiger partial charge in [0.25, 0.3) is 0 Å². The fourth-order valence-electron chi connectivity index (χ4n) is 4.16. The first kappa shape index (κ1) is 18.9. The van der Waals surface area contributed by atoms with E-state index in [1.807, 2.05) is 39.8 Å². The molecule has 2 aromatic heterocycles. The maximum Gasteiger partial charge on any atom is 0.321 e. The van der Waals surface area contributed by atoms with Gasteiger partial charge in [0, 0.05) is 49.3 Å². The summed E-state index contributed by atoms with van der Waals surface area (Å²) < 4.78 is 7.49. The Morgan fingerprint density at radius 1 is 1.13 bits per heavy atom. The summed E-state index contributed by atoms with van der Waals surface area (Å²) >= 11 is 0. The third-order valence-electron chi connectivity index (χ3n) is 5.86. The highest BCUT2D eigenvalue weighted by Crippen LogP contribution is 2.27. The number of nitrogens with one attached hydrogen (secondary N) is 1. The van der Waals surface area contributed by atoms with E-state index >= 15 is 0 Å². The van der Waals surface area contributed by atoms with Crippen molar-refractivity contribution in [3.63, 3.8) is 0 Å². The van der Waals surface area contributed by atoms with E-state index in [0.29, 0.717) is 5.78 Å². The normalized spacial score (nSPS) is 17.0. The summed E-state index contributed by atoms with van der Waals surface area (Å²) in [4.78, 5) is 25.9. The van der Waals surface area contributed by atoms with Crippen molar-refractivity contribution in [1.29, 1.82) is 0 Å². The lowest BCUT2D eigenvalue weighted by molar-refractivity contribution is 0.122. The van der Waals surface area contributed by atoms with Gasteiger partial charge in [-0.3, -0.25) is 4.40 Å². The van der Waals surface area contributed by atoms with Crippen LogP contribution >= 0.6 is 0 Å². The zero-order valence-corrected chi connectivity index (χ0v) is 17.2. The minimum atomic E-state index is -0.0341. The van der Waals surface area contributed by atoms with Crippen LogP contribution in [0.4, 0.5) is 16.2 Å². The number of hydrogen-bond donors (Lipinski definition) is 1. The maximum atomic E-state index is 12.4. The number of likely N-dealkylation sites (tertiary alicyclic amines) is 1. The summed E-state index contributed by atoms with van der Waals surface area (Å²) in [7, 11) is 0. The molecule has 2 fully saturated rings. The van der Waals surface area contributed by atoms with E-state index in [1.165, 1.54) is 0 Å². The Labute approximate surface area is 175 Å². The Hall–Kier alpha value is -3.13. The predicted molar refractivity (Wildman–Crippen MR) is 116 cm³/mol. The summed E-state index contributed by atoms with van der Waals surface area (Å²) in [6.45, 7) is 6.92. The first-order chi connectivity index (χ1) is 14.7. The molecule has 2 aliphatic rings. The SMILES string of the molecule is Cc1c(-c2cccc(NC(=O)N3CCCC3)c2)nc2ncc(N3CCOCC3)cn12. The third kappa shape index (κ3) is 3.59. The number of fused-ring (bicyclic) bond motifs is 1. The number of imidazole rings is 1. The van der Waals surface area contributed by atoms with Crippen molar-refractivity contribution < 1.29 is 9.53 Å². The predicted octanol–water partition coefficient (Wildman–Crippen LogP) is 3.17. The van der Waals surface area contributed by atoms with Gasteiger partial charge in [-0.25, -0.2) is 14.8 Å². The Morgan fingerprint density at radius 3 is 2.73 bits per heavy atom. The summed E-state index contributed by atoms with van der Waals surface area (Å²) in [5, 5.41) is 3.02. The van der Waals surface area contributed by atoms with Gasteiger partial charge in [-0.2, -0.15) is 0 Å². The van der Waals surface area contributed by atoms with Crippen LogP contribution in [0.5, 0.6) is 0 Å². The summed E-state index contributed by atoms with van der Waals surface area (Å²) in [5.74, 6) is 0.672. The van der Waals surface area contributed by atoms with Crippen LogP contribution in [0.15, 0.2) is 36.7 Å². The molecule has 4 heterocycles. The number of amides is 2. The lowest BCUT2D eigenvalue weighted by Crippen LogP contribution is -2.36. The second kappa shape index (κ2) is 7.95. The first-order valence-corrected chi connectivity index (χ1v) is 10.5. The molecule has 0 radical (unpaired) electrons. The fourth-order valence-corrected chi connectivity index (χ4v) is 4.16. The topological polar surface area (TPSA) is 75.0 Å². The number of urea groups is 1. The molecule has 0 bridgehead atoms. The molecule has 30 heavy (non-hydrogen) atoms. The molecule has 1 aromatic carbocycles. The van der Waals surface area contributed by atoms with Crippen molar-refractivity contribution in [2.24, 2.45) is 0 Å². The van der Waals surface area contributed by atoms with Gasteiger partial charge in [0.05, 0.1) is 30.8 Å². The summed E-state index contributed by atoms with van der Waals surface area (Å²) in [5.41, 5.74) is 4.71. The number of hydrogen-bond acceptors (Lipinski definition) is 5. The average molecular weight is 406 g/mol. The summed E-state index contributed by atoms with van der Waals surface area (Å²) in [6, 6.07) is 7.82. The highest BCUT2D eigenvalue weighted by Gasteiger charge is 2.19. The van der Waals surface area contributed by atoms with Gasteiger partial charge in [0.15, 0.2) is 0 Å². The highest BCUT2D eigenvalue weighted by atomic mass is 16.5. The van der Waals surface area contributed by atoms with E-state index in [9.17, 15) is 4.79 Å². The van der Waals surface area contributed by atoms with Gasteiger partial charge in [0.2, 0.25) is 5.78 Å². The molecule has 0 atom stereocenters. The highest BCUT2D eigenvalue weighted by molar-refractivity contribution is 5.90. The molecule has 2 aliphatic heterocycles. The number of rotatable bonds is 3. The number of benzene rings is 1. The second-order valence-electron chi connectivity index (χ2n) is 7.83. The van der Waals surface area contributed by atoms with E-state index in [0.717, 1.165) is 80.6 Å². The Kier molecular flexibility index (Phi) is 5.00. The van der Waals surface area contributed by atoms with E-state index in [-0.39, 0.29) is 6.03 Å². The Morgan fingerprint density at radius 2 is 1.93 bits per heavy atom. The van der Waals surface area contributed by atoms with Gasteiger partial charge in [0.1, 0.15) is 0 Å². The van der Waals surface area contributed by atoms with Crippen molar-refractivity contribution in [3.8, 4) is 11.3 Å². The van der Waals surface area contributed by atoms with Crippen LogP contribution in [0.2, 0.25) is 0 Å². The van der Waals surface area contributed by atoms with Gasteiger partial charge in [-0.15, -0.1) is 0 Å². The fraction of sp³-hybridized carbons (Fsp3) is 0.409. The quantitative estimate of drug-likeness (QED) is 0.723. The van der Waals surface area contributed by atoms with Gasteiger partial charge in [-0.05, 0) is 31.9 Å². The lowest BCUT2D eigenvalue weighted by Gasteiger charge is -2.28. The number of carbonyl (C=O) groups excluding carboxylic acids is 1. The van der Waals surface area contributed by atoms with Crippen LogP contribution in [-0.4, -0.2) is 64.7 Å². The molecule has 0 aliphatic carbocycles. The van der Waals surface area contributed by atoms with Crippen molar-refractivity contribution in [2.75, 3.05) is 49.6 Å². The molecular formula is C22H26N6O2. The van der Waals surface area contributed by atoms with Crippen LogP contribution in [0, 0.1) is 6.92 Å². The van der Waals surface area contributed by atoms with Crippen molar-refractivity contribution in [1.82, 2.24) is 19.3 Å². The van der Waals surface area contributed by atoms with Crippen LogP contribution in [0.25, 0.3) is 17.0 Å². The number of aromatic nitrogens is 3. The van der Waals surface area contributed by atoms with E-state index in [4.69, 9.17) is 9.72 Å². The molecule has 0 spiro atoms. The molecular weight excluding hydrogens is 380 g/mol. The smallest absolute Gasteiger partial charge is 0.321 e. The number of aryl methyl sites for hydroxylation is 1. The monoisotopic (exact) mass is 406 g/mol. The molecule has 8 nitrogen and oxygen atoms in total. The lowest BCUT2D eigenvalue weighted by atomic mass is 10.1. The van der Waals surface area contributed by atoms with Crippen molar-refractivity contribution in [2.45, 2.75) is 19.8 Å². The van der Waals surface area contributed by atoms with E-state index < -0.39 is 0 Å². The number of nitrogens with zero attached hydrogens (tertiary/aromatic N) is 5. The minimum Gasteiger partial charge on any atom is -0.378 e. The average Bonchev–Trinajstić information content (AvgIpc) is 3.43. The van der Waals surface area contributed by atoms with Crippen molar-refractivity contribution in [3.05, 3.63) is 42.4 Å². The summed E-state index contributed by atoms with van der Waals surface area (Å²) in [6.07, 6.45) is 6.13. The Bertz CT molecular complexity index is 1070. The number of ether oxygens (including phenoxy) is 1. The van der Waals surface area contributed by atoms with Crippen LogP contribution < -0.4 is 10.2 Å². The van der Waals surface area contributed by atoms with Gasteiger partial charge in [-0.1, -0.05) is 12.1 Å². The molecule has 2 saturated heterocycles. The van der Waals surface area contributed by atoms with Gasteiger partial charge < -0.3 is 19.9 Å². The molecule has 1 N–H and O–H groups in total. The van der Waals surface area contributed by atoms with Crippen LogP contribution in [-0.2, 0) is 4.74 Å². The largest absolute Gasteiger partial charge is 0.378 e. The van der Waals surface area contributed by atoms with Crippen molar-refractivity contribution >= 4 is 23.2 Å². The zero-order valence-electron chi connectivity index (χ0n) is 17.2. The number of morpholine rings is 1. The molecule has 156 valence electrons. The third-order valence-corrected chi connectivity index (χ3v) is 5.86. The number of carbonyl (C=O) groups is 1. The molecule has 0 unspecified atom stereocenters. The molecule has 0 saturated carbocycles. The van der Waals surface area contributed by atoms with Gasteiger partial charge >= 0.3 is 6.03 Å². The minimum absolute atomic E-state index is 0.0341. The zero-order chi connectivity index (χ0) is 20.5. The molecule has 8 heteroatoms. The van der Waals surface area contributed by atoms with Crippen LogP contribution in [0.3, 0.4) is 0 Å². The Balaban J connectivity index is 1.42. The van der Waals surface area contributed by atoms with E-state index in [2.05, 4.69) is 28.3 Å². The molecule has 5 rings (SSSR count). The van der Waals surface area contributed by atoms with Crippen LogP contribution in [0.1, 0.15) is 18.5 Å². The number of anilines is 2. The standard InChI is InChI=1S/C22H26N6O2/c1-16-20(17-5-4-6-18(13-17)24-22(29)27-7-2-3-8-27)25-21-23-14-19(15-28(16)21)26-9-11-30-12-10-26/h4-6,13-15H,2-3,7-12H2,1H3,(H,24,29). The first-order valence-electron chi connectivity index (χ1n) is 10.5. The second-order valence-corrected chi connectivity index (χ2v) is 7.83.